The number of para-hydroxylation sites is 1. The molecule has 1 atom stereocenters. The van der Waals surface area contributed by atoms with Crippen LogP contribution in [0.4, 0.5) is 0 Å². The minimum absolute atomic E-state index is 0.475. The van der Waals surface area contributed by atoms with E-state index in [0.717, 1.165) is 17.1 Å². The molecule has 0 aliphatic heterocycles. The lowest BCUT2D eigenvalue weighted by Crippen LogP contribution is -2.19. The second kappa shape index (κ2) is 5.85. The van der Waals surface area contributed by atoms with Gasteiger partial charge in [0, 0.05) is 6.42 Å². The molecular weight excluding hydrogens is 224 g/mol. The maximum atomic E-state index is 8.69. The normalized spacial score (nSPS) is 11.6. The Balaban J connectivity index is 2.11. The third-order valence-corrected chi connectivity index (χ3v) is 2.50. The molecule has 2 N–H and O–H groups in total. The van der Waals surface area contributed by atoms with Gasteiger partial charge in [0.05, 0.1) is 12.1 Å². The molecule has 2 aromatic carbocycles. The maximum Gasteiger partial charge on any atom is 0.127 e. The number of ether oxygens (including phenoxy) is 1. The van der Waals surface area contributed by atoms with E-state index in [0.29, 0.717) is 6.42 Å². The van der Waals surface area contributed by atoms with Crippen molar-refractivity contribution < 1.29 is 4.74 Å². The van der Waals surface area contributed by atoms with Crippen LogP contribution >= 0.6 is 0 Å². The molecule has 0 saturated carbocycles. The number of rotatable bonds is 4. The summed E-state index contributed by atoms with van der Waals surface area (Å²) >= 11 is 0. The second-order valence-electron chi connectivity index (χ2n) is 4.00. The van der Waals surface area contributed by atoms with Crippen molar-refractivity contribution in [3.05, 3.63) is 60.2 Å². The molecule has 0 radical (unpaired) electrons. The summed E-state index contributed by atoms with van der Waals surface area (Å²) in [6.45, 7) is 0. The Morgan fingerprint density at radius 3 is 2.50 bits per heavy atom. The van der Waals surface area contributed by atoms with E-state index >= 15 is 0 Å². The first-order valence-corrected chi connectivity index (χ1v) is 5.75. The Bertz CT molecular complexity index is 546. The summed E-state index contributed by atoms with van der Waals surface area (Å²) in [6.07, 6.45) is 0.530. The Kier molecular flexibility index (Phi) is 3.95. The average Bonchev–Trinajstić information content (AvgIpc) is 2.40. The fourth-order valence-electron chi connectivity index (χ4n) is 1.66. The molecule has 0 spiro atoms. The van der Waals surface area contributed by atoms with Crippen LogP contribution in [0.3, 0.4) is 0 Å². The van der Waals surface area contributed by atoms with Crippen molar-refractivity contribution >= 4 is 0 Å². The van der Waals surface area contributed by atoms with Crippen LogP contribution in [0.25, 0.3) is 0 Å². The van der Waals surface area contributed by atoms with Crippen molar-refractivity contribution in [1.82, 2.24) is 0 Å². The third-order valence-electron chi connectivity index (χ3n) is 2.50. The van der Waals surface area contributed by atoms with Crippen molar-refractivity contribution in [3.63, 3.8) is 0 Å². The molecule has 0 aliphatic carbocycles. The highest BCUT2D eigenvalue weighted by molar-refractivity contribution is 5.34. The third kappa shape index (κ3) is 3.34. The van der Waals surface area contributed by atoms with Gasteiger partial charge >= 0.3 is 0 Å². The lowest BCUT2D eigenvalue weighted by atomic mass is 10.1. The lowest BCUT2D eigenvalue weighted by Gasteiger charge is -2.08. The van der Waals surface area contributed by atoms with Gasteiger partial charge in [-0.2, -0.15) is 5.26 Å². The molecule has 2 rings (SSSR count). The number of hydrogen-bond acceptors (Lipinski definition) is 3. The summed E-state index contributed by atoms with van der Waals surface area (Å²) in [5.74, 6) is 1.54. The van der Waals surface area contributed by atoms with Crippen molar-refractivity contribution in [1.29, 1.82) is 5.26 Å². The molecule has 0 aromatic heterocycles. The molecule has 0 amide bonds. The summed E-state index contributed by atoms with van der Waals surface area (Å²) in [6, 6.07) is 18.8. The van der Waals surface area contributed by atoms with E-state index in [2.05, 4.69) is 0 Å². The van der Waals surface area contributed by atoms with Gasteiger partial charge in [-0.15, -0.1) is 0 Å². The van der Waals surface area contributed by atoms with E-state index in [1.807, 2.05) is 60.7 Å². The van der Waals surface area contributed by atoms with E-state index in [9.17, 15) is 0 Å². The molecule has 1 unspecified atom stereocenters. The average molecular weight is 238 g/mol. The van der Waals surface area contributed by atoms with Gasteiger partial charge in [0.15, 0.2) is 0 Å². The molecule has 90 valence electrons. The van der Waals surface area contributed by atoms with Gasteiger partial charge in [-0.25, -0.2) is 0 Å². The number of hydrogen-bond donors (Lipinski definition) is 1. The SMILES string of the molecule is N#CC(N)Cc1cccc(Oc2ccccc2)c1. The zero-order valence-corrected chi connectivity index (χ0v) is 9.91. The molecule has 0 aliphatic rings. The number of benzene rings is 2. The fourth-order valence-corrected chi connectivity index (χ4v) is 1.66. The summed E-state index contributed by atoms with van der Waals surface area (Å²) < 4.78 is 5.71. The highest BCUT2D eigenvalue weighted by Gasteiger charge is 2.03. The van der Waals surface area contributed by atoms with E-state index in [1.54, 1.807) is 0 Å². The van der Waals surface area contributed by atoms with Crippen LogP contribution in [0.5, 0.6) is 11.5 Å². The quantitative estimate of drug-likeness (QED) is 0.891. The molecule has 2 aromatic rings. The largest absolute Gasteiger partial charge is 0.457 e. The molecule has 18 heavy (non-hydrogen) atoms. The lowest BCUT2D eigenvalue weighted by molar-refractivity contribution is 0.482. The van der Waals surface area contributed by atoms with Gasteiger partial charge in [-0.3, -0.25) is 0 Å². The van der Waals surface area contributed by atoms with E-state index < -0.39 is 6.04 Å². The highest BCUT2D eigenvalue weighted by atomic mass is 16.5. The molecule has 3 heteroatoms. The first-order chi connectivity index (χ1) is 8.78. The van der Waals surface area contributed by atoms with Crippen molar-refractivity contribution in [2.24, 2.45) is 5.73 Å². The van der Waals surface area contributed by atoms with Gasteiger partial charge in [0.25, 0.3) is 0 Å². The van der Waals surface area contributed by atoms with E-state index in [1.165, 1.54) is 0 Å². The van der Waals surface area contributed by atoms with E-state index in [-0.39, 0.29) is 0 Å². The summed E-state index contributed by atoms with van der Waals surface area (Å²) in [7, 11) is 0. The van der Waals surface area contributed by atoms with Crippen molar-refractivity contribution in [3.8, 4) is 17.6 Å². The Labute approximate surface area is 106 Å². The van der Waals surface area contributed by atoms with Crippen LogP contribution in [-0.4, -0.2) is 6.04 Å². The van der Waals surface area contributed by atoms with Gasteiger partial charge in [-0.05, 0) is 29.8 Å². The van der Waals surface area contributed by atoms with Crippen LogP contribution in [0.1, 0.15) is 5.56 Å². The number of nitrogens with zero attached hydrogens (tertiary/aromatic N) is 1. The summed E-state index contributed by atoms with van der Waals surface area (Å²) in [5, 5.41) is 8.69. The van der Waals surface area contributed by atoms with Crippen molar-refractivity contribution in [2.45, 2.75) is 12.5 Å². The van der Waals surface area contributed by atoms with Gasteiger partial charge < -0.3 is 10.5 Å². The minimum Gasteiger partial charge on any atom is -0.457 e. The second-order valence-corrected chi connectivity index (χ2v) is 4.00. The zero-order valence-electron chi connectivity index (χ0n) is 9.91. The predicted molar refractivity (Wildman–Crippen MR) is 70.3 cm³/mol. The Hall–Kier alpha value is -2.31. The zero-order chi connectivity index (χ0) is 12.8. The summed E-state index contributed by atoms with van der Waals surface area (Å²) in [4.78, 5) is 0. The van der Waals surface area contributed by atoms with E-state index in [4.69, 9.17) is 15.7 Å². The Morgan fingerprint density at radius 1 is 1.06 bits per heavy atom. The number of nitriles is 1. The van der Waals surface area contributed by atoms with Crippen LogP contribution in [0.15, 0.2) is 54.6 Å². The molecule has 0 heterocycles. The fraction of sp³-hybridized carbons (Fsp3) is 0.133. The van der Waals surface area contributed by atoms with Gasteiger partial charge in [-0.1, -0.05) is 30.3 Å². The number of nitrogens with two attached hydrogens (primary N) is 1. The first-order valence-electron chi connectivity index (χ1n) is 5.75. The van der Waals surface area contributed by atoms with Crippen LogP contribution in [0, 0.1) is 11.3 Å². The van der Waals surface area contributed by atoms with Crippen LogP contribution in [0.2, 0.25) is 0 Å². The molecule has 3 nitrogen and oxygen atoms in total. The van der Waals surface area contributed by atoms with Crippen LogP contribution in [-0.2, 0) is 6.42 Å². The minimum atomic E-state index is -0.475. The van der Waals surface area contributed by atoms with Crippen molar-refractivity contribution in [2.75, 3.05) is 0 Å². The van der Waals surface area contributed by atoms with Gasteiger partial charge in [0.1, 0.15) is 11.5 Å². The van der Waals surface area contributed by atoms with Crippen LogP contribution < -0.4 is 10.5 Å². The molecule has 0 fully saturated rings. The molecule has 0 bridgehead atoms. The Morgan fingerprint density at radius 2 is 1.78 bits per heavy atom. The first kappa shape index (κ1) is 12.2. The maximum absolute atomic E-state index is 8.69. The predicted octanol–water partition coefficient (Wildman–Crippen LogP) is 2.87. The molecular formula is C15H14N2O. The summed E-state index contributed by atoms with van der Waals surface area (Å²) in [5.41, 5.74) is 6.60. The monoisotopic (exact) mass is 238 g/mol. The topological polar surface area (TPSA) is 59.0 Å². The smallest absolute Gasteiger partial charge is 0.127 e. The molecule has 0 saturated heterocycles. The standard InChI is InChI=1S/C15H14N2O/c16-11-13(17)9-12-5-4-8-15(10-12)18-14-6-2-1-3-7-14/h1-8,10,13H,9,17H2. The highest BCUT2D eigenvalue weighted by Crippen LogP contribution is 2.22. The van der Waals surface area contributed by atoms with Gasteiger partial charge in [0.2, 0.25) is 0 Å².